The van der Waals surface area contributed by atoms with Crippen LogP contribution >= 0.6 is 0 Å². The highest BCUT2D eigenvalue weighted by molar-refractivity contribution is 5.21. The number of ether oxygens (including phenoxy) is 5. The van der Waals surface area contributed by atoms with Gasteiger partial charge in [0.05, 0.1) is 6.61 Å². The zero-order chi connectivity index (χ0) is 18.1. The van der Waals surface area contributed by atoms with E-state index in [9.17, 15) is 5.11 Å². The summed E-state index contributed by atoms with van der Waals surface area (Å²) in [6, 6.07) is 0. The second-order valence-corrected chi connectivity index (χ2v) is 9.65. The first-order valence-electron chi connectivity index (χ1n) is 11.1. The van der Waals surface area contributed by atoms with E-state index in [0.717, 1.165) is 44.9 Å². The molecule has 0 radical (unpaired) electrons. The maximum absolute atomic E-state index is 9.77. The summed E-state index contributed by atoms with van der Waals surface area (Å²) in [5, 5.41) is 9.77. The van der Waals surface area contributed by atoms with Gasteiger partial charge < -0.3 is 28.8 Å². The van der Waals surface area contributed by atoms with Gasteiger partial charge in [0.2, 0.25) is 0 Å². The summed E-state index contributed by atoms with van der Waals surface area (Å²) in [4.78, 5) is 0. The van der Waals surface area contributed by atoms with Crippen molar-refractivity contribution in [2.75, 3.05) is 13.2 Å². The minimum Gasteiger partial charge on any atom is -0.396 e. The van der Waals surface area contributed by atoms with Crippen LogP contribution in [0, 0.1) is 5.92 Å². The Morgan fingerprint density at radius 1 is 0.741 bits per heavy atom. The summed E-state index contributed by atoms with van der Waals surface area (Å²) in [6.07, 6.45) is 11.5. The molecule has 6 heteroatoms. The second kappa shape index (κ2) is 6.13. The van der Waals surface area contributed by atoms with Gasteiger partial charge >= 0.3 is 0 Å². The van der Waals surface area contributed by atoms with Crippen LogP contribution in [0.5, 0.6) is 0 Å². The smallest absolute Gasteiger partial charge is 0.169 e. The highest BCUT2D eigenvalue weighted by Crippen LogP contribution is 2.62. The molecule has 0 amide bonds. The van der Waals surface area contributed by atoms with Gasteiger partial charge in [-0.25, -0.2) is 0 Å². The zero-order valence-electron chi connectivity index (χ0n) is 16.1. The molecule has 3 spiro atoms. The molecular weight excluding hydrogens is 348 g/mol. The Morgan fingerprint density at radius 2 is 1.44 bits per heavy atom. The zero-order valence-corrected chi connectivity index (χ0v) is 16.1. The van der Waals surface area contributed by atoms with Crippen LogP contribution in [-0.2, 0) is 23.7 Å². The number of rotatable bonds is 2. The van der Waals surface area contributed by atoms with Crippen LogP contribution in [0.25, 0.3) is 0 Å². The molecule has 0 aromatic rings. The summed E-state index contributed by atoms with van der Waals surface area (Å²) < 4.78 is 32.5. The Morgan fingerprint density at radius 3 is 2.11 bits per heavy atom. The number of aliphatic hydroxyl groups is 1. The molecule has 152 valence electrons. The Balaban J connectivity index is 1.25. The first-order valence-corrected chi connectivity index (χ1v) is 11.1. The normalized spacial score (nSPS) is 49.9. The maximum Gasteiger partial charge on any atom is 0.169 e. The molecule has 0 unspecified atom stereocenters. The Kier molecular flexibility index (Phi) is 4.00. The van der Waals surface area contributed by atoms with Crippen LogP contribution in [0.2, 0.25) is 0 Å². The fourth-order valence-corrected chi connectivity index (χ4v) is 6.38. The van der Waals surface area contributed by atoms with Crippen molar-refractivity contribution in [1.29, 1.82) is 0 Å². The number of fused-ring (bicyclic) bond motifs is 2. The Labute approximate surface area is 160 Å². The van der Waals surface area contributed by atoms with E-state index in [0.29, 0.717) is 6.61 Å². The van der Waals surface area contributed by atoms with E-state index >= 15 is 0 Å². The summed E-state index contributed by atoms with van der Waals surface area (Å²) in [7, 11) is 0. The van der Waals surface area contributed by atoms with Gasteiger partial charge in [0.1, 0.15) is 30.0 Å². The quantitative estimate of drug-likeness (QED) is 0.795. The fourth-order valence-electron chi connectivity index (χ4n) is 6.38. The summed E-state index contributed by atoms with van der Waals surface area (Å²) in [6.45, 7) is 0.725. The molecule has 3 saturated heterocycles. The topological polar surface area (TPSA) is 66.4 Å². The van der Waals surface area contributed by atoms with Crippen molar-refractivity contribution in [3.63, 3.8) is 0 Å². The highest BCUT2D eigenvalue weighted by atomic mass is 16.8. The molecular formula is C21H32O6. The molecule has 6 nitrogen and oxygen atoms in total. The third-order valence-electron chi connectivity index (χ3n) is 7.94. The van der Waals surface area contributed by atoms with Crippen molar-refractivity contribution in [1.82, 2.24) is 0 Å². The molecule has 3 saturated carbocycles. The van der Waals surface area contributed by atoms with E-state index in [2.05, 4.69) is 0 Å². The molecule has 3 aliphatic heterocycles. The van der Waals surface area contributed by atoms with Gasteiger partial charge in [-0.2, -0.15) is 0 Å². The number of hydrogen-bond acceptors (Lipinski definition) is 6. The maximum atomic E-state index is 9.77. The van der Waals surface area contributed by atoms with Crippen LogP contribution < -0.4 is 0 Å². The van der Waals surface area contributed by atoms with Crippen molar-refractivity contribution in [3.05, 3.63) is 0 Å². The lowest BCUT2D eigenvalue weighted by atomic mass is 9.94. The van der Waals surface area contributed by atoms with Crippen molar-refractivity contribution in [2.45, 2.75) is 112 Å². The predicted molar refractivity (Wildman–Crippen MR) is 95.0 cm³/mol. The van der Waals surface area contributed by atoms with Gasteiger partial charge in [0.15, 0.2) is 11.6 Å². The standard InChI is InChI=1S/C21H32O6/c22-12-14-11-21(14)18-17(25-20(27-18)9-5-2-6-10-20)16(26-21)15-13-23-19(24-15)7-3-1-4-8-19/h14-18,22H,1-13H2/t14-,15-,16-,17+,18+,21-/m1/s1. The third-order valence-corrected chi connectivity index (χ3v) is 7.94. The van der Waals surface area contributed by atoms with Gasteiger partial charge in [-0.15, -0.1) is 0 Å². The number of aliphatic hydroxyl groups excluding tert-OH is 1. The van der Waals surface area contributed by atoms with E-state index in [4.69, 9.17) is 23.7 Å². The van der Waals surface area contributed by atoms with Crippen LogP contribution in [0.15, 0.2) is 0 Å². The minimum absolute atomic E-state index is 0.0794. The fraction of sp³-hybridized carbons (Fsp3) is 1.00. The SMILES string of the molecule is OC[C@H]1C[C@@]12O[C@H]([C@H]1COC3(CCCCC3)O1)[C@@H]1OC3(CCCCC3)O[C@@H]12. The van der Waals surface area contributed by atoms with Crippen molar-refractivity contribution < 1.29 is 28.8 Å². The largest absolute Gasteiger partial charge is 0.396 e. The Hall–Kier alpha value is -0.240. The summed E-state index contributed by atoms with van der Waals surface area (Å²) in [5.41, 5.74) is -0.378. The van der Waals surface area contributed by atoms with Crippen LogP contribution in [0.3, 0.4) is 0 Å². The minimum atomic E-state index is -0.437. The number of hydrogen-bond donors (Lipinski definition) is 1. The molecule has 6 atom stereocenters. The third kappa shape index (κ3) is 2.60. The summed E-state index contributed by atoms with van der Waals surface area (Å²) >= 11 is 0. The monoisotopic (exact) mass is 380 g/mol. The van der Waals surface area contributed by atoms with E-state index in [1.165, 1.54) is 25.7 Å². The molecule has 6 fully saturated rings. The first-order chi connectivity index (χ1) is 13.2. The molecule has 27 heavy (non-hydrogen) atoms. The van der Waals surface area contributed by atoms with E-state index in [-0.39, 0.29) is 42.5 Å². The van der Waals surface area contributed by atoms with Gasteiger partial charge in [-0.3, -0.25) is 0 Å². The van der Waals surface area contributed by atoms with E-state index in [1.807, 2.05) is 0 Å². The first kappa shape index (κ1) is 17.6. The van der Waals surface area contributed by atoms with Crippen LogP contribution in [0.4, 0.5) is 0 Å². The van der Waals surface area contributed by atoms with Crippen molar-refractivity contribution in [3.8, 4) is 0 Å². The van der Waals surface area contributed by atoms with Gasteiger partial charge in [-0.1, -0.05) is 12.8 Å². The van der Waals surface area contributed by atoms with Gasteiger partial charge in [-0.05, 0) is 32.1 Å². The lowest BCUT2D eigenvalue weighted by Gasteiger charge is -2.35. The van der Waals surface area contributed by atoms with E-state index < -0.39 is 11.6 Å². The van der Waals surface area contributed by atoms with Crippen molar-refractivity contribution in [2.24, 2.45) is 5.92 Å². The van der Waals surface area contributed by atoms with E-state index in [1.54, 1.807) is 0 Å². The molecule has 3 aliphatic carbocycles. The second-order valence-electron chi connectivity index (χ2n) is 9.65. The lowest BCUT2D eigenvalue weighted by Crippen LogP contribution is -2.43. The molecule has 0 aromatic heterocycles. The summed E-state index contributed by atoms with van der Waals surface area (Å²) in [5.74, 6) is -0.685. The van der Waals surface area contributed by atoms with Crippen molar-refractivity contribution >= 4 is 0 Å². The lowest BCUT2D eigenvalue weighted by molar-refractivity contribution is -0.244. The molecule has 1 N–H and O–H groups in total. The average molecular weight is 380 g/mol. The van der Waals surface area contributed by atoms with Gasteiger partial charge in [0, 0.05) is 38.2 Å². The molecule has 3 heterocycles. The molecule has 6 rings (SSSR count). The molecule has 0 aromatic carbocycles. The average Bonchev–Trinajstić information content (AvgIpc) is 2.92. The molecule has 0 bridgehead atoms. The van der Waals surface area contributed by atoms with Crippen LogP contribution in [0.1, 0.15) is 70.6 Å². The Bertz CT molecular complexity index is 583. The molecule has 6 aliphatic rings. The van der Waals surface area contributed by atoms with Crippen LogP contribution in [-0.4, -0.2) is 59.9 Å². The highest BCUT2D eigenvalue weighted by Gasteiger charge is 2.75. The van der Waals surface area contributed by atoms with Gasteiger partial charge in [0.25, 0.3) is 0 Å². The predicted octanol–water partition coefficient (Wildman–Crippen LogP) is 2.66.